The third-order valence-corrected chi connectivity index (χ3v) is 5.11. The second kappa shape index (κ2) is 10.2. The van der Waals surface area contributed by atoms with Crippen molar-refractivity contribution in [3.63, 3.8) is 0 Å². The molecule has 8 heteroatoms. The minimum Gasteiger partial charge on any atom is -0.485 e. The van der Waals surface area contributed by atoms with Crippen LogP contribution in [0.3, 0.4) is 0 Å². The molecule has 0 unspecified atom stereocenters. The number of aromatic nitrogens is 2. The van der Waals surface area contributed by atoms with E-state index in [0.717, 1.165) is 0 Å². The van der Waals surface area contributed by atoms with Gasteiger partial charge < -0.3 is 14.8 Å². The molecule has 2 aromatic heterocycles. The SMILES string of the molecule is CC[C@@H](Oc1ccccc1)C(=O)Nc1ccccc1OCc1cc(=O)n2cc(Cl)ccc2n1. The van der Waals surface area contributed by atoms with Crippen LogP contribution in [-0.4, -0.2) is 21.4 Å². The highest BCUT2D eigenvalue weighted by Crippen LogP contribution is 2.25. The van der Waals surface area contributed by atoms with E-state index < -0.39 is 6.10 Å². The van der Waals surface area contributed by atoms with Gasteiger partial charge in [0.2, 0.25) is 0 Å². The van der Waals surface area contributed by atoms with Crippen molar-refractivity contribution >= 4 is 28.8 Å². The van der Waals surface area contributed by atoms with Crippen molar-refractivity contribution in [1.29, 1.82) is 0 Å². The molecule has 0 spiro atoms. The number of nitrogens with zero attached hydrogens (tertiary/aromatic N) is 2. The molecule has 0 aliphatic rings. The van der Waals surface area contributed by atoms with Gasteiger partial charge in [-0.15, -0.1) is 0 Å². The Labute approximate surface area is 195 Å². The summed E-state index contributed by atoms with van der Waals surface area (Å²) in [7, 11) is 0. The summed E-state index contributed by atoms with van der Waals surface area (Å²) in [6, 6.07) is 21.0. The molecule has 7 nitrogen and oxygen atoms in total. The number of halogens is 1. The Balaban J connectivity index is 1.47. The lowest BCUT2D eigenvalue weighted by Gasteiger charge is -2.18. The summed E-state index contributed by atoms with van der Waals surface area (Å²) in [6.45, 7) is 1.94. The average Bonchev–Trinajstić information content (AvgIpc) is 2.83. The molecule has 4 rings (SSSR count). The minimum atomic E-state index is -0.658. The first-order valence-electron chi connectivity index (χ1n) is 10.5. The Hall–Kier alpha value is -3.84. The predicted molar refractivity (Wildman–Crippen MR) is 127 cm³/mol. The van der Waals surface area contributed by atoms with Crippen LogP contribution in [0.1, 0.15) is 19.0 Å². The minimum absolute atomic E-state index is 0.0545. The number of rotatable bonds is 8. The van der Waals surface area contributed by atoms with Gasteiger partial charge in [0.1, 0.15) is 23.8 Å². The van der Waals surface area contributed by atoms with Crippen LogP contribution in [0.25, 0.3) is 5.65 Å². The Morgan fingerprint density at radius 2 is 1.85 bits per heavy atom. The standard InChI is InChI=1S/C25H22ClN3O4/c1-2-21(33-19-8-4-3-5-9-19)25(31)28-20-10-6-7-11-22(20)32-16-18-14-24(30)29-15-17(26)12-13-23(29)27-18/h3-15,21H,2,16H2,1H3,(H,28,31)/t21-/m1/s1. The first-order valence-corrected chi connectivity index (χ1v) is 10.8. The number of amides is 1. The highest BCUT2D eigenvalue weighted by atomic mass is 35.5. The molecule has 0 fully saturated rings. The number of para-hydroxylation sites is 3. The van der Waals surface area contributed by atoms with Crippen molar-refractivity contribution in [1.82, 2.24) is 9.38 Å². The first kappa shape index (κ1) is 22.4. The summed E-state index contributed by atoms with van der Waals surface area (Å²) in [4.78, 5) is 29.6. The molecule has 33 heavy (non-hydrogen) atoms. The number of anilines is 1. The summed E-state index contributed by atoms with van der Waals surface area (Å²) in [5.74, 6) is 0.800. The van der Waals surface area contributed by atoms with Crippen molar-refractivity contribution in [2.45, 2.75) is 26.1 Å². The van der Waals surface area contributed by atoms with E-state index in [2.05, 4.69) is 10.3 Å². The maximum atomic E-state index is 12.8. The van der Waals surface area contributed by atoms with Crippen LogP contribution < -0.4 is 20.3 Å². The molecule has 4 aromatic rings. The normalized spacial score (nSPS) is 11.7. The summed E-state index contributed by atoms with van der Waals surface area (Å²) < 4.78 is 13.1. The van der Waals surface area contributed by atoms with Crippen LogP contribution in [-0.2, 0) is 11.4 Å². The number of pyridine rings is 1. The van der Waals surface area contributed by atoms with E-state index in [0.29, 0.717) is 40.0 Å². The molecule has 0 radical (unpaired) electrons. The molecule has 0 aliphatic heterocycles. The van der Waals surface area contributed by atoms with Gasteiger partial charge in [0.05, 0.1) is 16.4 Å². The van der Waals surface area contributed by atoms with Crippen LogP contribution in [0.15, 0.2) is 83.8 Å². The van der Waals surface area contributed by atoms with Gasteiger partial charge >= 0.3 is 0 Å². The van der Waals surface area contributed by atoms with Crippen LogP contribution in [0.5, 0.6) is 11.5 Å². The maximum absolute atomic E-state index is 12.8. The lowest BCUT2D eigenvalue weighted by molar-refractivity contribution is -0.122. The molecular weight excluding hydrogens is 442 g/mol. The smallest absolute Gasteiger partial charge is 0.265 e. The zero-order valence-corrected chi connectivity index (χ0v) is 18.7. The second-order valence-electron chi connectivity index (χ2n) is 7.26. The number of carbonyl (C=O) groups is 1. The predicted octanol–water partition coefficient (Wildman–Crippen LogP) is 4.72. The molecule has 2 aromatic carbocycles. The molecule has 168 valence electrons. The molecule has 0 aliphatic carbocycles. The van der Waals surface area contributed by atoms with Crippen molar-refractivity contribution in [3.8, 4) is 11.5 Å². The Bertz CT molecular complexity index is 1320. The van der Waals surface area contributed by atoms with E-state index in [1.807, 2.05) is 25.1 Å². The Morgan fingerprint density at radius 3 is 2.64 bits per heavy atom. The number of hydrogen-bond acceptors (Lipinski definition) is 5. The van der Waals surface area contributed by atoms with Gasteiger partial charge in [-0.3, -0.25) is 14.0 Å². The van der Waals surface area contributed by atoms with E-state index in [-0.39, 0.29) is 18.1 Å². The summed E-state index contributed by atoms with van der Waals surface area (Å²) in [5, 5.41) is 3.32. The number of benzene rings is 2. The summed E-state index contributed by atoms with van der Waals surface area (Å²) >= 11 is 5.95. The average molecular weight is 464 g/mol. The monoisotopic (exact) mass is 463 g/mol. The van der Waals surface area contributed by atoms with Gasteiger partial charge in [0, 0.05) is 12.3 Å². The number of ether oxygens (including phenoxy) is 2. The fourth-order valence-corrected chi connectivity index (χ4v) is 3.41. The molecule has 0 saturated carbocycles. The molecular formula is C25H22ClN3O4. The third-order valence-electron chi connectivity index (χ3n) is 4.88. The van der Waals surface area contributed by atoms with E-state index in [1.54, 1.807) is 48.5 Å². The van der Waals surface area contributed by atoms with Crippen molar-refractivity contribution < 1.29 is 14.3 Å². The fraction of sp³-hybridized carbons (Fsp3) is 0.160. The fourth-order valence-electron chi connectivity index (χ4n) is 3.25. The van der Waals surface area contributed by atoms with Crippen molar-refractivity contribution in [2.24, 2.45) is 0 Å². The van der Waals surface area contributed by atoms with Gasteiger partial charge in [0.15, 0.2) is 6.10 Å². The quantitative estimate of drug-likeness (QED) is 0.408. The number of hydrogen-bond donors (Lipinski definition) is 1. The Kier molecular flexibility index (Phi) is 6.90. The number of nitrogens with one attached hydrogen (secondary N) is 1. The lowest BCUT2D eigenvalue weighted by Crippen LogP contribution is -2.32. The molecule has 1 amide bonds. The Morgan fingerprint density at radius 1 is 1.09 bits per heavy atom. The van der Waals surface area contributed by atoms with Gasteiger partial charge in [-0.05, 0) is 42.8 Å². The van der Waals surface area contributed by atoms with Crippen LogP contribution >= 0.6 is 11.6 Å². The summed E-state index contributed by atoms with van der Waals surface area (Å²) in [6.07, 6.45) is 1.36. The van der Waals surface area contributed by atoms with Gasteiger partial charge in [-0.25, -0.2) is 4.98 Å². The molecule has 0 bridgehead atoms. The van der Waals surface area contributed by atoms with E-state index in [4.69, 9.17) is 21.1 Å². The highest BCUT2D eigenvalue weighted by molar-refractivity contribution is 6.30. The molecule has 1 atom stereocenters. The maximum Gasteiger partial charge on any atom is 0.265 e. The summed E-state index contributed by atoms with van der Waals surface area (Å²) in [5.41, 5.74) is 1.17. The highest BCUT2D eigenvalue weighted by Gasteiger charge is 2.20. The van der Waals surface area contributed by atoms with Gasteiger partial charge in [-0.2, -0.15) is 0 Å². The topological polar surface area (TPSA) is 81.9 Å². The third kappa shape index (κ3) is 5.51. The van der Waals surface area contributed by atoms with Gasteiger partial charge in [-0.1, -0.05) is 48.9 Å². The van der Waals surface area contributed by atoms with E-state index in [1.165, 1.54) is 16.7 Å². The van der Waals surface area contributed by atoms with Crippen molar-refractivity contribution in [2.75, 3.05) is 5.32 Å². The van der Waals surface area contributed by atoms with E-state index in [9.17, 15) is 9.59 Å². The molecule has 2 heterocycles. The van der Waals surface area contributed by atoms with Crippen molar-refractivity contribution in [3.05, 3.63) is 100 Å². The zero-order chi connectivity index (χ0) is 23.2. The largest absolute Gasteiger partial charge is 0.485 e. The van der Waals surface area contributed by atoms with E-state index >= 15 is 0 Å². The molecule has 0 saturated heterocycles. The second-order valence-corrected chi connectivity index (χ2v) is 7.70. The molecule has 1 N–H and O–H groups in total. The van der Waals surface area contributed by atoms with Crippen LogP contribution in [0, 0.1) is 0 Å². The zero-order valence-electron chi connectivity index (χ0n) is 17.9. The van der Waals surface area contributed by atoms with Gasteiger partial charge in [0.25, 0.3) is 11.5 Å². The number of carbonyl (C=O) groups excluding carboxylic acids is 1. The number of fused-ring (bicyclic) bond motifs is 1. The lowest BCUT2D eigenvalue weighted by atomic mass is 10.2. The van der Waals surface area contributed by atoms with Crippen LogP contribution in [0.4, 0.5) is 5.69 Å². The first-order chi connectivity index (χ1) is 16.0. The van der Waals surface area contributed by atoms with Crippen LogP contribution in [0.2, 0.25) is 5.02 Å².